The Kier molecular flexibility index (Phi) is 3.45. The number of carbonyl (C=O) groups is 1. The smallest absolute Gasteiger partial charge is 0.339 e. The fourth-order valence-corrected chi connectivity index (χ4v) is 2.74. The predicted octanol–water partition coefficient (Wildman–Crippen LogP) is 2.41. The molecular weight excluding hydrogens is 256 g/mol. The molecular formula is C14H16N4O2. The van der Waals surface area contributed by atoms with Gasteiger partial charge in [-0.15, -0.1) is 0 Å². The Labute approximate surface area is 116 Å². The van der Waals surface area contributed by atoms with E-state index in [-0.39, 0.29) is 11.5 Å². The van der Waals surface area contributed by atoms with Gasteiger partial charge in [-0.05, 0) is 18.9 Å². The second-order valence-corrected chi connectivity index (χ2v) is 5.06. The zero-order chi connectivity index (χ0) is 13.9. The molecule has 2 heterocycles. The van der Waals surface area contributed by atoms with Crippen LogP contribution < -0.4 is 0 Å². The van der Waals surface area contributed by atoms with Crippen LogP contribution in [0.3, 0.4) is 0 Å². The number of aromatic carboxylic acids is 1. The monoisotopic (exact) mass is 272 g/mol. The molecule has 3 rings (SSSR count). The van der Waals surface area contributed by atoms with Crippen LogP contribution in [0.5, 0.6) is 0 Å². The third-order valence-electron chi connectivity index (χ3n) is 3.72. The van der Waals surface area contributed by atoms with E-state index in [0.29, 0.717) is 11.6 Å². The van der Waals surface area contributed by atoms with E-state index in [1.165, 1.54) is 17.3 Å². The van der Waals surface area contributed by atoms with Gasteiger partial charge in [0.25, 0.3) is 0 Å². The molecule has 0 bridgehead atoms. The van der Waals surface area contributed by atoms with Crippen molar-refractivity contribution in [3.05, 3.63) is 35.9 Å². The van der Waals surface area contributed by atoms with Crippen LogP contribution in [0.4, 0.5) is 0 Å². The maximum atomic E-state index is 11.4. The summed E-state index contributed by atoms with van der Waals surface area (Å²) in [5.41, 5.74) is 0.939. The maximum Gasteiger partial charge on any atom is 0.339 e. The van der Waals surface area contributed by atoms with Gasteiger partial charge >= 0.3 is 5.97 Å². The highest BCUT2D eigenvalue weighted by Gasteiger charge is 2.25. The van der Waals surface area contributed by atoms with E-state index in [1.54, 1.807) is 18.5 Å². The van der Waals surface area contributed by atoms with Crippen LogP contribution >= 0.6 is 0 Å². The van der Waals surface area contributed by atoms with Crippen LogP contribution in [0.2, 0.25) is 0 Å². The molecule has 0 spiro atoms. The van der Waals surface area contributed by atoms with E-state index in [4.69, 9.17) is 0 Å². The van der Waals surface area contributed by atoms with E-state index >= 15 is 0 Å². The van der Waals surface area contributed by atoms with E-state index < -0.39 is 5.97 Å². The lowest BCUT2D eigenvalue weighted by atomic mass is 9.85. The Bertz CT molecular complexity index is 603. The molecule has 0 saturated heterocycles. The Morgan fingerprint density at radius 3 is 2.55 bits per heavy atom. The lowest BCUT2D eigenvalue weighted by molar-refractivity contribution is 0.0694. The third kappa shape index (κ3) is 2.41. The maximum absolute atomic E-state index is 11.4. The Morgan fingerprint density at radius 1 is 1.20 bits per heavy atom. The molecule has 6 nitrogen and oxygen atoms in total. The topological polar surface area (TPSA) is 80.9 Å². The highest BCUT2D eigenvalue weighted by Crippen LogP contribution is 2.33. The summed E-state index contributed by atoms with van der Waals surface area (Å²) in [5, 5.41) is 13.8. The molecule has 1 aliphatic carbocycles. The van der Waals surface area contributed by atoms with E-state index in [1.807, 2.05) is 0 Å². The summed E-state index contributed by atoms with van der Waals surface area (Å²) < 4.78 is 1.47. The summed E-state index contributed by atoms with van der Waals surface area (Å²) >= 11 is 0. The quantitative estimate of drug-likeness (QED) is 0.927. The van der Waals surface area contributed by atoms with E-state index in [9.17, 15) is 9.90 Å². The standard InChI is InChI=1S/C14H16N4O2/c19-13(20)11-9-18(14-15-7-4-8-16-14)17-12(11)10-5-2-1-3-6-10/h4,7-10H,1-3,5-6H2,(H,19,20). The number of hydrogen-bond acceptors (Lipinski definition) is 4. The van der Waals surface area contributed by atoms with Crippen molar-refractivity contribution in [2.45, 2.75) is 38.0 Å². The predicted molar refractivity (Wildman–Crippen MR) is 71.9 cm³/mol. The molecule has 2 aromatic heterocycles. The van der Waals surface area contributed by atoms with Gasteiger partial charge in [-0.25, -0.2) is 19.4 Å². The van der Waals surface area contributed by atoms with Gasteiger partial charge in [0.05, 0.1) is 5.69 Å². The van der Waals surface area contributed by atoms with Gasteiger partial charge in [0, 0.05) is 24.5 Å². The average Bonchev–Trinajstić information content (AvgIpc) is 2.94. The Balaban J connectivity index is 2.00. The number of carboxylic acid groups (broad SMARTS) is 1. The molecule has 0 radical (unpaired) electrons. The zero-order valence-electron chi connectivity index (χ0n) is 11.1. The summed E-state index contributed by atoms with van der Waals surface area (Å²) in [5.74, 6) is -0.301. The van der Waals surface area contributed by atoms with Crippen molar-refractivity contribution in [1.82, 2.24) is 19.7 Å². The van der Waals surface area contributed by atoms with Gasteiger partial charge in [-0.3, -0.25) is 0 Å². The second-order valence-electron chi connectivity index (χ2n) is 5.06. The van der Waals surface area contributed by atoms with Gasteiger partial charge in [-0.2, -0.15) is 5.10 Å². The number of hydrogen-bond donors (Lipinski definition) is 1. The molecule has 0 aromatic carbocycles. The molecule has 1 fully saturated rings. The fourth-order valence-electron chi connectivity index (χ4n) is 2.74. The first-order chi connectivity index (χ1) is 9.75. The van der Waals surface area contributed by atoms with Crippen molar-refractivity contribution < 1.29 is 9.90 Å². The fraction of sp³-hybridized carbons (Fsp3) is 0.429. The zero-order valence-corrected chi connectivity index (χ0v) is 11.1. The van der Waals surface area contributed by atoms with E-state index in [0.717, 1.165) is 25.7 Å². The molecule has 1 aliphatic rings. The summed E-state index contributed by atoms with van der Waals surface area (Å²) in [6.45, 7) is 0. The van der Waals surface area contributed by atoms with Crippen LogP contribution in [-0.4, -0.2) is 30.8 Å². The van der Waals surface area contributed by atoms with Gasteiger partial charge in [0.15, 0.2) is 0 Å². The molecule has 0 amide bonds. The van der Waals surface area contributed by atoms with Crippen LogP contribution in [0.1, 0.15) is 54.1 Å². The highest BCUT2D eigenvalue weighted by atomic mass is 16.4. The largest absolute Gasteiger partial charge is 0.478 e. The molecule has 1 saturated carbocycles. The minimum Gasteiger partial charge on any atom is -0.478 e. The minimum atomic E-state index is -0.937. The van der Waals surface area contributed by atoms with Crippen molar-refractivity contribution in [2.24, 2.45) is 0 Å². The summed E-state index contributed by atoms with van der Waals surface area (Å²) in [7, 11) is 0. The SMILES string of the molecule is O=C(O)c1cn(-c2ncccn2)nc1C1CCCCC1. The Morgan fingerprint density at radius 2 is 1.90 bits per heavy atom. The molecule has 0 atom stereocenters. The molecule has 20 heavy (non-hydrogen) atoms. The number of rotatable bonds is 3. The lowest BCUT2D eigenvalue weighted by Gasteiger charge is -2.20. The van der Waals surface area contributed by atoms with Crippen LogP contribution in [-0.2, 0) is 0 Å². The summed E-state index contributed by atoms with van der Waals surface area (Å²) in [4.78, 5) is 19.6. The van der Waals surface area contributed by atoms with Crippen molar-refractivity contribution in [3.63, 3.8) is 0 Å². The van der Waals surface area contributed by atoms with Gasteiger partial charge < -0.3 is 5.11 Å². The van der Waals surface area contributed by atoms with Crippen molar-refractivity contribution in [3.8, 4) is 5.95 Å². The summed E-state index contributed by atoms with van der Waals surface area (Å²) in [6.07, 6.45) is 10.3. The third-order valence-corrected chi connectivity index (χ3v) is 3.72. The average molecular weight is 272 g/mol. The van der Waals surface area contributed by atoms with Crippen LogP contribution in [0, 0.1) is 0 Å². The van der Waals surface area contributed by atoms with Gasteiger partial charge in [0.1, 0.15) is 5.56 Å². The van der Waals surface area contributed by atoms with Crippen molar-refractivity contribution in [1.29, 1.82) is 0 Å². The first-order valence-corrected chi connectivity index (χ1v) is 6.86. The lowest BCUT2D eigenvalue weighted by Crippen LogP contribution is -2.10. The first-order valence-electron chi connectivity index (χ1n) is 6.86. The molecule has 2 aromatic rings. The molecule has 6 heteroatoms. The molecule has 0 aliphatic heterocycles. The minimum absolute atomic E-state index is 0.236. The normalized spacial score (nSPS) is 16.2. The van der Waals surface area contributed by atoms with Crippen LogP contribution in [0.25, 0.3) is 5.95 Å². The van der Waals surface area contributed by atoms with Gasteiger partial charge in [-0.1, -0.05) is 19.3 Å². The van der Waals surface area contributed by atoms with Crippen molar-refractivity contribution >= 4 is 5.97 Å². The molecule has 0 unspecified atom stereocenters. The highest BCUT2D eigenvalue weighted by molar-refractivity contribution is 5.89. The van der Waals surface area contributed by atoms with Crippen molar-refractivity contribution in [2.75, 3.05) is 0 Å². The molecule has 104 valence electrons. The van der Waals surface area contributed by atoms with Crippen LogP contribution in [0.15, 0.2) is 24.7 Å². The number of nitrogens with zero attached hydrogens (tertiary/aromatic N) is 4. The Hall–Kier alpha value is -2.24. The van der Waals surface area contributed by atoms with Gasteiger partial charge in [0.2, 0.25) is 5.95 Å². The first kappa shape index (κ1) is 12.8. The summed E-state index contributed by atoms with van der Waals surface area (Å²) in [6, 6.07) is 1.72. The second kappa shape index (κ2) is 5.40. The number of carboxylic acids is 1. The van der Waals surface area contributed by atoms with E-state index in [2.05, 4.69) is 15.1 Å². The number of aromatic nitrogens is 4. The molecule has 1 N–H and O–H groups in total.